The first-order chi connectivity index (χ1) is 14.9. The van der Waals surface area contributed by atoms with Crippen LogP contribution < -0.4 is 10.2 Å². The van der Waals surface area contributed by atoms with Gasteiger partial charge in [0.25, 0.3) is 0 Å². The minimum Gasteiger partial charge on any atom is -0.378 e. The fraction of sp³-hybridized carbons (Fsp3) is 0.400. The molecule has 2 unspecified atom stereocenters. The molecule has 11 heteroatoms. The van der Waals surface area contributed by atoms with E-state index in [1.807, 2.05) is 0 Å². The van der Waals surface area contributed by atoms with Gasteiger partial charge in [-0.05, 0) is 17.7 Å². The summed E-state index contributed by atoms with van der Waals surface area (Å²) in [5.41, 5.74) is 0.649. The van der Waals surface area contributed by atoms with Gasteiger partial charge >= 0.3 is 4.87 Å². The number of fused-ring (bicyclic) bond motifs is 2. The highest BCUT2D eigenvalue weighted by Gasteiger charge is 2.52. The van der Waals surface area contributed by atoms with Crippen LogP contribution in [0.4, 0.5) is 4.39 Å². The average molecular weight is 464 g/mol. The Morgan fingerprint density at radius 2 is 1.84 bits per heavy atom. The van der Waals surface area contributed by atoms with Gasteiger partial charge in [-0.1, -0.05) is 35.2 Å². The summed E-state index contributed by atoms with van der Waals surface area (Å²) in [6.07, 6.45) is 0. The number of carbonyl (C=O) groups is 3. The second-order valence-corrected chi connectivity index (χ2v) is 9.69. The number of thioether (sulfide) groups is 1. The molecule has 0 radical (unpaired) electrons. The van der Waals surface area contributed by atoms with Gasteiger partial charge in [0.05, 0.1) is 24.2 Å². The zero-order chi connectivity index (χ0) is 21.7. The molecule has 1 N–H and O–H groups in total. The molecule has 2 aromatic rings. The summed E-state index contributed by atoms with van der Waals surface area (Å²) in [7, 11) is 0. The fourth-order valence-corrected chi connectivity index (χ4v) is 6.99. The molecular weight excluding hydrogens is 445 g/mol. The van der Waals surface area contributed by atoms with Crippen LogP contribution in [-0.2, 0) is 25.7 Å². The van der Waals surface area contributed by atoms with E-state index in [-0.39, 0.29) is 17.3 Å². The summed E-state index contributed by atoms with van der Waals surface area (Å²) in [6, 6.07) is 5.73. The van der Waals surface area contributed by atoms with Gasteiger partial charge in [-0.3, -0.25) is 29.1 Å². The first-order valence-corrected chi connectivity index (χ1v) is 11.5. The molecule has 162 valence electrons. The second-order valence-electron chi connectivity index (χ2n) is 7.56. The molecule has 3 atom stereocenters. The number of rotatable bonds is 3. The van der Waals surface area contributed by atoms with Crippen molar-refractivity contribution >= 4 is 40.8 Å². The number of hydrogen-bond acceptors (Lipinski definition) is 7. The van der Waals surface area contributed by atoms with Crippen LogP contribution in [0.15, 0.2) is 34.1 Å². The van der Waals surface area contributed by atoms with Crippen LogP contribution in [-0.4, -0.2) is 58.7 Å². The lowest BCUT2D eigenvalue weighted by molar-refractivity contribution is -0.136. The third kappa shape index (κ3) is 3.50. The summed E-state index contributed by atoms with van der Waals surface area (Å²) in [4.78, 5) is 52.6. The molecule has 3 aliphatic rings. The molecule has 3 aliphatic heterocycles. The summed E-state index contributed by atoms with van der Waals surface area (Å²) >= 11 is 2.12. The molecule has 4 heterocycles. The molecule has 2 fully saturated rings. The van der Waals surface area contributed by atoms with Gasteiger partial charge in [-0.15, -0.1) is 0 Å². The number of amides is 3. The van der Waals surface area contributed by atoms with Crippen molar-refractivity contribution in [2.24, 2.45) is 5.92 Å². The van der Waals surface area contributed by atoms with Crippen molar-refractivity contribution in [1.82, 2.24) is 14.8 Å². The van der Waals surface area contributed by atoms with E-state index in [9.17, 15) is 23.6 Å². The minimum atomic E-state index is -0.714. The largest absolute Gasteiger partial charge is 0.378 e. The highest BCUT2D eigenvalue weighted by atomic mass is 32.2. The first kappa shape index (κ1) is 20.4. The van der Waals surface area contributed by atoms with E-state index in [4.69, 9.17) is 4.74 Å². The van der Waals surface area contributed by atoms with Gasteiger partial charge < -0.3 is 9.64 Å². The van der Waals surface area contributed by atoms with Gasteiger partial charge in [0.1, 0.15) is 17.6 Å². The van der Waals surface area contributed by atoms with E-state index in [1.54, 1.807) is 17.0 Å². The first-order valence-electron chi connectivity index (χ1n) is 9.80. The molecule has 0 bridgehead atoms. The van der Waals surface area contributed by atoms with E-state index in [0.29, 0.717) is 41.8 Å². The van der Waals surface area contributed by atoms with Gasteiger partial charge in [0, 0.05) is 23.9 Å². The second kappa shape index (κ2) is 7.88. The van der Waals surface area contributed by atoms with Gasteiger partial charge in [0.2, 0.25) is 17.7 Å². The number of halogens is 1. The van der Waals surface area contributed by atoms with Crippen LogP contribution in [0, 0.1) is 11.7 Å². The van der Waals surface area contributed by atoms with Gasteiger partial charge in [-0.25, -0.2) is 4.39 Å². The molecule has 3 amide bonds. The summed E-state index contributed by atoms with van der Waals surface area (Å²) in [6.45, 7) is 1.70. The SMILES string of the molecule is O=C1NC(=O)C2C1Sc1c(sc(=O)n1CC(=O)N1CCOCC1)[C@H]2c1ccc(F)cc1. The van der Waals surface area contributed by atoms with Crippen LogP contribution in [0.5, 0.6) is 0 Å². The molecule has 2 saturated heterocycles. The Kier molecular flexibility index (Phi) is 5.19. The smallest absolute Gasteiger partial charge is 0.308 e. The van der Waals surface area contributed by atoms with Crippen LogP contribution in [0.1, 0.15) is 16.4 Å². The molecule has 0 aliphatic carbocycles. The zero-order valence-corrected chi connectivity index (χ0v) is 17.8. The van der Waals surface area contributed by atoms with Crippen molar-refractivity contribution in [3.05, 3.63) is 50.2 Å². The Balaban J connectivity index is 1.56. The van der Waals surface area contributed by atoms with E-state index in [2.05, 4.69) is 5.32 Å². The highest BCUT2D eigenvalue weighted by molar-refractivity contribution is 8.00. The number of hydrogen-bond donors (Lipinski definition) is 1. The van der Waals surface area contributed by atoms with Crippen LogP contribution in [0.3, 0.4) is 0 Å². The molecule has 5 rings (SSSR count). The van der Waals surface area contributed by atoms with E-state index < -0.39 is 34.7 Å². The lowest BCUT2D eigenvalue weighted by Crippen LogP contribution is -2.43. The predicted octanol–water partition coefficient (Wildman–Crippen LogP) is 0.786. The van der Waals surface area contributed by atoms with E-state index in [1.165, 1.54) is 16.7 Å². The lowest BCUT2D eigenvalue weighted by atomic mass is 9.83. The quantitative estimate of drug-likeness (QED) is 0.676. The fourth-order valence-electron chi connectivity index (χ4n) is 4.25. The monoisotopic (exact) mass is 463 g/mol. The summed E-state index contributed by atoms with van der Waals surface area (Å²) in [5.74, 6) is -2.69. The molecule has 0 saturated carbocycles. The number of nitrogens with zero attached hydrogens (tertiary/aromatic N) is 2. The number of morpholine rings is 1. The molecule has 0 spiro atoms. The number of imide groups is 1. The standard InChI is InChI=1S/C20H18FN3O5S2/c21-11-3-1-10(2-4-11)13-14-15(18(27)22-17(14)26)30-19-16(13)31-20(28)24(19)9-12(25)23-5-7-29-8-6-23/h1-4,13-15H,5-9H2,(H,22,26,27)/t13-,14?,15?/m0/s1. The third-order valence-electron chi connectivity index (χ3n) is 5.77. The maximum Gasteiger partial charge on any atom is 0.308 e. The summed E-state index contributed by atoms with van der Waals surface area (Å²) < 4.78 is 20.2. The number of aromatic nitrogens is 1. The zero-order valence-electron chi connectivity index (χ0n) is 16.2. The number of benzene rings is 1. The molecule has 31 heavy (non-hydrogen) atoms. The average Bonchev–Trinajstić information content (AvgIpc) is 3.23. The number of thiazole rings is 1. The van der Waals surface area contributed by atoms with Crippen molar-refractivity contribution in [2.75, 3.05) is 26.3 Å². The predicted molar refractivity (Wildman–Crippen MR) is 111 cm³/mol. The van der Waals surface area contributed by atoms with Gasteiger partial charge in [0.15, 0.2) is 0 Å². The van der Waals surface area contributed by atoms with E-state index in [0.717, 1.165) is 23.1 Å². The highest BCUT2D eigenvalue weighted by Crippen LogP contribution is 2.51. The van der Waals surface area contributed by atoms with Crippen molar-refractivity contribution in [2.45, 2.75) is 22.7 Å². The van der Waals surface area contributed by atoms with Gasteiger partial charge in [-0.2, -0.15) is 0 Å². The Bertz CT molecular complexity index is 1120. The normalized spacial score (nSPS) is 25.2. The van der Waals surface area contributed by atoms with Crippen LogP contribution in [0.25, 0.3) is 0 Å². The molecule has 1 aromatic heterocycles. The van der Waals surface area contributed by atoms with Crippen molar-refractivity contribution in [3.8, 4) is 0 Å². The maximum atomic E-state index is 13.5. The molecular formula is C20H18FN3O5S2. The molecule has 8 nitrogen and oxygen atoms in total. The van der Waals surface area contributed by atoms with E-state index >= 15 is 0 Å². The third-order valence-corrected chi connectivity index (χ3v) is 8.39. The summed E-state index contributed by atoms with van der Waals surface area (Å²) in [5, 5.41) is 2.19. The number of ether oxygens (including phenoxy) is 1. The van der Waals surface area contributed by atoms with Crippen LogP contribution in [0.2, 0.25) is 0 Å². The minimum absolute atomic E-state index is 0.138. The van der Waals surface area contributed by atoms with Crippen molar-refractivity contribution in [3.63, 3.8) is 0 Å². The number of carbonyl (C=O) groups excluding carboxylic acids is 3. The number of nitrogens with one attached hydrogen (secondary N) is 1. The Morgan fingerprint density at radius 1 is 1.13 bits per heavy atom. The van der Waals surface area contributed by atoms with Crippen molar-refractivity contribution in [1.29, 1.82) is 0 Å². The maximum absolute atomic E-state index is 13.5. The van der Waals surface area contributed by atoms with Crippen molar-refractivity contribution < 1.29 is 23.5 Å². The topological polar surface area (TPSA) is 97.7 Å². The Labute approximate surface area is 184 Å². The Hall–Kier alpha value is -2.50. The molecule has 1 aromatic carbocycles. The van der Waals surface area contributed by atoms with Crippen LogP contribution >= 0.6 is 23.1 Å². The lowest BCUT2D eigenvalue weighted by Gasteiger charge is -2.31. The Morgan fingerprint density at radius 3 is 2.55 bits per heavy atom.